The van der Waals surface area contributed by atoms with Gasteiger partial charge in [0.2, 0.25) is 0 Å². The Labute approximate surface area is 43.4 Å². The summed E-state index contributed by atoms with van der Waals surface area (Å²) in [6.45, 7) is 2.00. The number of rotatable bonds is 1. The van der Waals surface area contributed by atoms with Crippen LogP contribution in [-0.4, -0.2) is 5.75 Å². The van der Waals surface area contributed by atoms with Gasteiger partial charge in [-0.2, -0.15) is 0 Å². The lowest BCUT2D eigenvalue weighted by Gasteiger charge is -1.84. The molecule has 5 heavy (non-hydrogen) atoms. The van der Waals surface area contributed by atoms with E-state index in [-0.39, 0.29) is 8.01 Å². The van der Waals surface area contributed by atoms with E-state index in [0.717, 1.165) is 5.75 Å². The molecule has 0 radical (unpaired) electrons. The molecule has 0 nitrogen and oxygen atoms in total. The first-order valence-corrected chi connectivity index (χ1v) is 4.57. The van der Waals surface area contributed by atoms with Gasteiger partial charge in [0.25, 0.3) is 0 Å². The van der Waals surface area contributed by atoms with E-state index in [1.807, 2.05) is 6.92 Å². The Morgan fingerprint density at radius 1 is 1.60 bits per heavy atom. The fourth-order valence-corrected chi connectivity index (χ4v) is 0. The summed E-state index contributed by atoms with van der Waals surface area (Å²) in [6, 6.07) is 0. The molecule has 0 aromatic carbocycles. The third kappa shape index (κ3) is 4.79. The standard InChI is InChI=1S/C2H5S3/c1-2-5(3)4/h2H2,1H3/q-1. The van der Waals surface area contributed by atoms with Crippen molar-refractivity contribution in [3.8, 4) is 0 Å². The van der Waals surface area contributed by atoms with Crippen LogP contribution < -0.4 is 0 Å². The van der Waals surface area contributed by atoms with E-state index >= 15 is 0 Å². The van der Waals surface area contributed by atoms with Crippen LogP contribution in [0.25, 0.3) is 0 Å². The van der Waals surface area contributed by atoms with Gasteiger partial charge in [0.1, 0.15) is 0 Å². The quantitative estimate of drug-likeness (QED) is 0.469. The van der Waals surface area contributed by atoms with Gasteiger partial charge in [-0.3, -0.25) is 22.4 Å². The van der Waals surface area contributed by atoms with Crippen LogP contribution in [0.2, 0.25) is 0 Å². The highest BCUT2D eigenvalue weighted by atomic mass is 33.1. The molecule has 0 heterocycles. The van der Waals surface area contributed by atoms with Gasteiger partial charge >= 0.3 is 0 Å². The Morgan fingerprint density at radius 2 is 1.80 bits per heavy atom. The van der Waals surface area contributed by atoms with E-state index in [1.54, 1.807) is 0 Å². The minimum Gasteiger partial charge on any atom is -0.347 e. The van der Waals surface area contributed by atoms with Gasteiger partial charge in [-0.15, -0.1) is 5.75 Å². The van der Waals surface area contributed by atoms with Crippen LogP contribution in [0.4, 0.5) is 0 Å². The third-order valence-corrected chi connectivity index (χ3v) is 2.12. The van der Waals surface area contributed by atoms with Gasteiger partial charge in [-0.1, -0.05) is 6.92 Å². The highest BCUT2D eigenvalue weighted by Crippen LogP contribution is 1.57. The maximum Gasteiger partial charge on any atom is -0.0830 e. The van der Waals surface area contributed by atoms with Crippen LogP contribution in [0.3, 0.4) is 0 Å². The first kappa shape index (κ1) is 5.79. The van der Waals surface area contributed by atoms with E-state index in [4.69, 9.17) is 0 Å². The van der Waals surface area contributed by atoms with Crippen molar-refractivity contribution in [3.63, 3.8) is 0 Å². The van der Waals surface area contributed by atoms with Crippen LogP contribution in [0.1, 0.15) is 6.92 Å². The molecule has 0 aromatic heterocycles. The van der Waals surface area contributed by atoms with Crippen molar-refractivity contribution in [2.45, 2.75) is 6.92 Å². The van der Waals surface area contributed by atoms with Gasteiger partial charge in [0.15, 0.2) is 0 Å². The molecular weight excluding hydrogens is 120 g/mol. The van der Waals surface area contributed by atoms with Gasteiger partial charge in [0.05, 0.1) is 0 Å². The summed E-state index contributed by atoms with van der Waals surface area (Å²) in [5, 5.41) is 0. The molecule has 0 unspecified atom stereocenters. The minimum absolute atomic E-state index is 0.156. The Hall–Kier alpha value is 0.790. The Bertz CT molecular complexity index is 63.0. The average Bonchev–Trinajstić information content (AvgIpc) is 1.38. The summed E-state index contributed by atoms with van der Waals surface area (Å²) in [6.07, 6.45) is 0. The molecule has 0 aliphatic carbocycles. The van der Waals surface area contributed by atoms with Crippen LogP contribution >= 0.6 is 0 Å². The molecule has 0 saturated carbocycles. The fraction of sp³-hybridized carbons (Fsp3) is 1.00. The second-order valence-corrected chi connectivity index (χ2v) is 4.82. The summed E-state index contributed by atoms with van der Waals surface area (Å²) < 4.78 is 0. The van der Waals surface area contributed by atoms with Crippen molar-refractivity contribution >= 4 is 30.4 Å². The van der Waals surface area contributed by atoms with Crippen molar-refractivity contribution < 1.29 is 0 Å². The SMILES string of the molecule is CC[S-](=S)=S. The van der Waals surface area contributed by atoms with Crippen molar-refractivity contribution in [1.29, 1.82) is 0 Å². The lowest BCUT2D eigenvalue weighted by Crippen LogP contribution is -1.68. The number of hydrogen-bond acceptors (Lipinski definition) is 3. The lowest BCUT2D eigenvalue weighted by molar-refractivity contribution is 1.54. The normalized spacial score (nSPS) is 9.20. The summed E-state index contributed by atoms with van der Waals surface area (Å²) in [5.41, 5.74) is 0. The van der Waals surface area contributed by atoms with Crippen LogP contribution in [0, 0.1) is 0 Å². The average molecular weight is 125 g/mol. The summed E-state index contributed by atoms with van der Waals surface area (Å²) in [5.74, 6) is 0.963. The summed E-state index contributed by atoms with van der Waals surface area (Å²) in [7, 11) is -0.156. The largest absolute Gasteiger partial charge is 0.347 e. The van der Waals surface area contributed by atoms with E-state index in [1.165, 1.54) is 0 Å². The smallest absolute Gasteiger partial charge is 0.0830 e. The Morgan fingerprint density at radius 3 is 1.80 bits per heavy atom. The van der Waals surface area contributed by atoms with Crippen molar-refractivity contribution in [3.05, 3.63) is 0 Å². The topological polar surface area (TPSA) is 0 Å². The molecule has 0 bridgehead atoms. The molecule has 0 spiro atoms. The predicted molar refractivity (Wildman–Crippen MR) is 32.6 cm³/mol. The molecular formula is C2H5S3-. The maximum absolute atomic E-state index is 4.62. The molecule has 0 aliphatic rings. The first-order chi connectivity index (χ1) is 2.27. The molecule has 0 aliphatic heterocycles. The second-order valence-electron chi connectivity index (χ2n) is 0.592. The molecule has 0 amide bonds. The zero-order valence-electron chi connectivity index (χ0n) is 2.93. The first-order valence-electron chi connectivity index (χ1n) is 1.33. The van der Waals surface area contributed by atoms with E-state index in [2.05, 4.69) is 22.4 Å². The van der Waals surface area contributed by atoms with E-state index in [0.29, 0.717) is 0 Å². The Kier molecular flexibility index (Phi) is 3.47. The van der Waals surface area contributed by atoms with Crippen LogP contribution in [0.15, 0.2) is 0 Å². The van der Waals surface area contributed by atoms with Gasteiger partial charge < -0.3 is 8.01 Å². The van der Waals surface area contributed by atoms with E-state index < -0.39 is 0 Å². The van der Waals surface area contributed by atoms with E-state index in [9.17, 15) is 0 Å². The molecule has 0 N–H and O–H groups in total. The molecule has 0 rings (SSSR count). The van der Waals surface area contributed by atoms with Gasteiger partial charge in [0, 0.05) is 0 Å². The summed E-state index contributed by atoms with van der Waals surface area (Å²) in [4.78, 5) is 0. The number of hydrogen-bond donors (Lipinski definition) is 0. The van der Waals surface area contributed by atoms with Crippen LogP contribution in [-0.2, 0) is 30.4 Å². The van der Waals surface area contributed by atoms with Gasteiger partial charge in [-0.05, 0) is 0 Å². The second kappa shape index (κ2) is 3.00. The minimum atomic E-state index is -0.156. The highest BCUT2D eigenvalue weighted by Gasteiger charge is 1.41. The molecule has 0 atom stereocenters. The zero-order valence-corrected chi connectivity index (χ0v) is 5.38. The third-order valence-electron chi connectivity index (χ3n) is 0.236. The van der Waals surface area contributed by atoms with Crippen molar-refractivity contribution in [1.82, 2.24) is 0 Å². The van der Waals surface area contributed by atoms with Crippen LogP contribution in [0.5, 0.6) is 0 Å². The monoisotopic (exact) mass is 125 g/mol. The van der Waals surface area contributed by atoms with Crippen molar-refractivity contribution in [2.75, 3.05) is 5.75 Å². The summed E-state index contributed by atoms with van der Waals surface area (Å²) >= 11 is 9.25. The van der Waals surface area contributed by atoms with Crippen molar-refractivity contribution in [2.24, 2.45) is 0 Å². The molecule has 3 heteroatoms. The molecule has 0 aromatic rings. The molecule has 0 saturated heterocycles. The molecule has 32 valence electrons. The zero-order chi connectivity index (χ0) is 4.28. The fourth-order valence-electron chi connectivity index (χ4n) is 0. The van der Waals surface area contributed by atoms with Gasteiger partial charge in [-0.25, -0.2) is 0 Å². The predicted octanol–water partition coefficient (Wildman–Crippen LogP) is 0.548. The highest BCUT2D eigenvalue weighted by molar-refractivity contribution is 8.46. The molecule has 0 fully saturated rings. The maximum atomic E-state index is 4.62. The Balaban J connectivity index is 3.23. The lowest BCUT2D eigenvalue weighted by atomic mass is 11.0.